The van der Waals surface area contributed by atoms with Crippen LogP contribution in [0.5, 0.6) is 0 Å². The Bertz CT molecular complexity index is 182. The summed E-state index contributed by atoms with van der Waals surface area (Å²) in [5.41, 5.74) is -0.323. The highest BCUT2D eigenvalue weighted by atomic mass is 16.2. The van der Waals surface area contributed by atoms with Gasteiger partial charge in [-0.3, -0.25) is 4.79 Å². The van der Waals surface area contributed by atoms with Crippen molar-refractivity contribution in [3.05, 3.63) is 0 Å². The molecule has 0 aromatic rings. The van der Waals surface area contributed by atoms with E-state index in [0.717, 1.165) is 12.7 Å². The normalized spacial score (nSPS) is 11.1. The molecule has 0 aromatic heterocycles. The van der Waals surface area contributed by atoms with E-state index in [9.17, 15) is 9.59 Å². The summed E-state index contributed by atoms with van der Waals surface area (Å²) in [5, 5.41) is 0. The Labute approximate surface area is 80.1 Å². The summed E-state index contributed by atoms with van der Waals surface area (Å²) in [6.45, 7) is 6.34. The molecule has 1 amide bonds. The molecule has 0 unspecified atom stereocenters. The molecule has 0 radical (unpaired) electrons. The van der Waals surface area contributed by atoms with E-state index in [0.29, 0.717) is 13.0 Å². The van der Waals surface area contributed by atoms with Crippen LogP contribution in [0.3, 0.4) is 0 Å². The first-order valence-electron chi connectivity index (χ1n) is 4.59. The van der Waals surface area contributed by atoms with E-state index in [4.69, 9.17) is 0 Å². The van der Waals surface area contributed by atoms with E-state index >= 15 is 0 Å². The molecule has 0 N–H and O–H groups in total. The summed E-state index contributed by atoms with van der Waals surface area (Å²) < 4.78 is 0. The molecule has 0 aliphatic rings. The Morgan fingerprint density at radius 2 is 1.92 bits per heavy atom. The van der Waals surface area contributed by atoms with Gasteiger partial charge in [-0.2, -0.15) is 0 Å². The molecule has 0 spiro atoms. The van der Waals surface area contributed by atoms with Crippen LogP contribution in [0.1, 0.15) is 33.6 Å². The smallest absolute Gasteiger partial charge is 0.227 e. The first-order chi connectivity index (χ1) is 5.89. The van der Waals surface area contributed by atoms with Gasteiger partial charge in [-0.15, -0.1) is 0 Å². The minimum atomic E-state index is -0.323. The van der Waals surface area contributed by atoms with Gasteiger partial charge in [0.05, 0.1) is 0 Å². The molecule has 0 bridgehead atoms. The summed E-state index contributed by atoms with van der Waals surface area (Å²) in [4.78, 5) is 23.3. The van der Waals surface area contributed by atoms with Gasteiger partial charge in [-0.25, -0.2) is 0 Å². The molecule has 0 aromatic carbocycles. The second kappa shape index (κ2) is 5.00. The molecule has 3 heteroatoms. The Kier molecular flexibility index (Phi) is 4.67. The number of carbonyl (C=O) groups is 2. The molecule has 3 nitrogen and oxygen atoms in total. The zero-order valence-corrected chi connectivity index (χ0v) is 8.96. The van der Waals surface area contributed by atoms with E-state index in [2.05, 4.69) is 0 Å². The molecule has 0 atom stereocenters. The molecule has 0 rings (SSSR count). The summed E-state index contributed by atoms with van der Waals surface area (Å²) in [7, 11) is 1.78. The molecule has 0 heterocycles. The number of amides is 1. The van der Waals surface area contributed by atoms with Crippen LogP contribution < -0.4 is 0 Å². The van der Waals surface area contributed by atoms with Crippen LogP contribution in [0.25, 0.3) is 0 Å². The van der Waals surface area contributed by atoms with Gasteiger partial charge >= 0.3 is 0 Å². The lowest BCUT2D eigenvalue weighted by molar-refractivity contribution is -0.138. The molecule has 0 saturated carbocycles. The molecule has 0 aliphatic heterocycles. The van der Waals surface area contributed by atoms with Crippen molar-refractivity contribution in [2.45, 2.75) is 33.6 Å². The minimum absolute atomic E-state index is 0.124. The Balaban J connectivity index is 3.90. The summed E-state index contributed by atoms with van der Waals surface area (Å²) in [6.07, 6.45) is 2.17. The van der Waals surface area contributed by atoms with Crippen molar-refractivity contribution < 1.29 is 9.59 Å². The lowest BCUT2D eigenvalue weighted by Crippen LogP contribution is -2.37. The standard InChI is InChI=1S/C10H19NO2/c1-10(2,3)9(13)11(4)7-5-6-8-12/h8H,5-7H2,1-4H3. The van der Waals surface area contributed by atoms with Crippen molar-refractivity contribution in [3.8, 4) is 0 Å². The molecule has 0 saturated heterocycles. The van der Waals surface area contributed by atoms with Crippen molar-refractivity contribution in [1.82, 2.24) is 4.90 Å². The minimum Gasteiger partial charge on any atom is -0.345 e. The van der Waals surface area contributed by atoms with E-state index in [-0.39, 0.29) is 11.3 Å². The first-order valence-corrected chi connectivity index (χ1v) is 4.59. The number of rotatable bonds is 4. The average molecular weight is 185 g/mol. The van der Waals surface area contributed by atoms with E-state index in [1.54, 1.807) is 11.9 Å². The SMILES string of the molecule is CN(CCCC=O)C(=O)C(C)(C)C. The van der Waals surface area contributed by atoms with Gasteiger partial charge in [-0.1, -0.05) is 20.8 Å². The van der Waals surface area contributed by atoms with Gasteiger partial charge in [0.15, 0.2) is 0 Å². The summed E-state index contributed by atoms with van der Waals surface area (Å²) in [6, 6.07) is 0. The van der Waals surface area contributed by atoms with Gasteiger partial charge in [-0.05, 0) is 6.42 Å². The number of carbonyl (C=O) groups excluding carboxylic acids is 2. The van der Waals surface area contributed by atoms with Crippen molar-refractivity contribution in [2.75, 3.05) is 13.6 Å². The Morgan fingerprint density at radius 1 is 1.38 bits per heavy atom. The molecule has 76 valence electrons. The van der Waals surface area contributed by atoms with Crippen LogP contribution in [-0.2, 0) is 9.59 Å². The first kappa shape index (κ1) is 12.1. The molecule has 13 heavy (non-hydrogen) atoms. The Morgan fingerprint density at radius 3 is 2.31 bits per heavy atom. The number of nitrogens with zero attached hydrogens (tertiary/aromatic N) is 1. The lowest BCUT2D eigenvalue weighted by Gasteiger charge is -2.25. The topological polar surface area (TPSA) is 37.4 Å². The predicted octanol–water partition coefficient (Wildman–Crippen LogP) is 1.47. The van der Waals surface area contributed by atoms with Crippen molar-refractivity contribution in [2.24, 2.45) is 5.41 Å². The van der Waals surface area contributed by atoms with Crippen LogP contribution in [-0.4, -0.2) is 30.7 Å². The summed E-state index contributed by atoms with van der Waals surface area (Å²) in [5.74, 6) is 0.124. The maximum atomic E-state index is 11.6. The van der Waals surface area contributed by atoms with Crippen LogP contribution in [0.15, 0.2) is 0 Å². The lowest BCUT2D eigenvalue weighted by atomic mass is 9.95. The maximum Gasteiger partial charge on any atom is 0.227 e. The highest BCUT2D eigenvalue weighted by Crippen LogP contribution is 2.16. The van der Waals surface area contributed by atoms with E-state index in [1.807, 2.05) is 20.8 Å². The number of aldehydes is 1. The van der Waals surface area contributed by atoms with Crippen molar-refractivity contribution >= 4 is 12.2 Å². The largest absolute Gasteiger partial charge is 0.345 e. The van der Waals surface area contributed by atoms with E-state index < -0.39 is 0 Å². The molecular weight excluding hydrogens is 166 g/mol. The quantitative estimate of drug-likeness (QED) is 0.491. The van der Waals surface area contributed by atoms with Gasteiger partial charge in [0.25, 0.3) is 0 Å². The van der Waals surface area contributed by atoms with Crippen LogP contribution >= 0.6 is 0 Å². The number of hydrogen-bond acceptors (Lipinski definition) is 2. The third kappa shape index (κ3) is 4.65. The highest BCUT2D eigenvalue weighted by molar-refractivity contribution is 5.81. The van der Waals surface area contributed by atoms with Gasteiger partial charge in [0.2, 0.25) is 5.91 Å². The monoisotopic (exact) mass is 185 g/mol. The number of unbranched alkanes of at least 4 members (excludes halogenated alkanes) is 1. The highest BCUT2D eigenvalue weighted by Gasteiger charge is 2.24. The fraction of sp³-hybridized carbons (Fsp3) is 0.800. The number of hydrogen-bond donors (Lipinski definition) is 0. The van der Waals surface area contributed by atoms with Crippen molar-refractivity contribution in [1.29, 1.82) is 0 Å². The van der Waals surface area contributed by atoms with Crippen LogP contribution in [0.2, 0.25) is 0 Å². The van der Waals surface area contributed by atoms with Crippen molar-refractivity contribution in [3.63, 3.8) is 0 Å². The van der Waals surface area contributed by atoms with Gasteiger partial charge in [0, 0.05) is 25.4 Å². The third-order valence-corrected chi connectivity index (χ3v) is 1.80. The van der Waals surface area contributed by atoms with E-state index in [1.165, 1.54) is 0 Å². The van der Waals surface area contributed by atoms with Crippen LogP contribution in [0, 0.1) is 5.41 Å². The predicted molar refractivity (Wildman–Crippen MR) is 52.4 cm³/mol. The summed E-state index contributed by atoms with van der Waals surface area (Å²) >= 11 is 0. The van der Waals surface area contributed by atoms with Gasteiger partial charge < -0.3 is 9.69 Å². The maximum absolute atomic E-state index is 11.6. The fourth-order valence-electron chi connectivity index (χ4n) is 1.09. The zero-order valence-electron chi connectivity index (χ0n) is 8.96. The average Bonchev–Trinajstić information content (AvgIpc) is 2.01. The molecular formula is C10H19NO2. The third-order valence-electron chi connectivity index (χ3n) is 1.80. The molecule has 0 fully saturated rings. The Hall–Kier alpha value is -0.860. The van der Waals surface area contributed by atoms with Crippen LogP contribution in [0.4, 0.5) is 0 Å². The second-order valence-corrected chi connectivity index (χ2v) is 4.29. The zero-order chi connectivity index (χ0) is 10.5. The molecule has 0 aliphatic carbocycles. The second-order valence-electron chi connectivity index (χ2n) is 4.29. The fourth-order valence-corrected chi connectivity index (χ4v) is 1.09. The van der Waals surface area contributed by atoms with Gasteiger partial charge in [0.1, 0.15) is 6.29 Å².